The summed E-state index contributed by atoms with van der Waals surface area (Å²) in [5.41, 5.74) is 3.59. The highest BCUT2D eigenvalue weighted by Gasteiger charge is 2.37. The predicted octanol–water partition coefficient (Wildman–Crippen LogP) is 7.00. The van der Waals surface area contributed by atoms with Gasteiger partial charge >= 0.3 is 0 Å². The molecule has 0 saturated heterocycles. The number of rotatable bonds is 10. The molecular formula is C27H36ClN3O. The number of benzene rings is 1. The summed E-state index contributed by atoms with van der Waals surface area (Å²) in [5.74, 6) is 1.35. The Labute approximate surface area is 197 Å². The molecule has 2 aliphatic rings. The molecule has 0 saturated carbocycles. The van der Waals surface area contributed by atoms with Gasteiger partial charge in [-0.2, -0.15) is 0 Å². The van der Waals surface area contributed by atoms with Gasteiger partial charge in [0.25, 0.3) is 0 Å². The second kappa shape index (κ2) is 10.3. The Morgan fingerprint density at radius 3 is 2.78 bits per heavy atom. The number of phenolic OH excluding ortho intramolecular Hbond substituents is 1. The van der Waals surface area contributed by atoms with Crippen molar-refractivity contribution in [3.63, 3.8) is 0 Å². The van der Waals surface area contributed by atoms with Crippen LogP contribution in [0.15, 0.2) is 42.5 Å². The van der Waals surface area contributed by atoms with Crippen molar-refractivity contribution in [1.29, 1.82) is 0 Å². The highest BCUT2D eigenvalue weighted by Crippen LogP contribution is 2.41. The van der Waals surface area contributed by atoms with E-state index in [9.17, 15) is 5.11 Å². The van der Waals surface area contributed by atoms with Crippen LogP contribution in [0.3, 0.4) is 0 Å². The third-order valence-corrected chi connectivity index (χ3v) is 7.39. The van der Waals surface area contributed by atoms with Crippen LogP contribution in [0.4, 0.5) is 0 Å². The van der Waals surface area contributed by atoms with Gasteiger partial charge in [0.2, 0.25) is 0 Å². The minimum atomic E-state index is -0.00579. The Kier molecular flexibility index (Phi) is 7.42. The van der Waals surface area contributed by atoms with E-state index in [1.165, 1.54) is 24.2 Å². The van der Waals surface area contributed by atoms with Crippen molar-refractivity contribution >= 4 is 11.6 Å². The number of phenols is 1. The molecule has 2 aromatic rings. The third kappa shape index (κ3) is 4.82. The van der Waals surface area contributed by atoms with Crippen molar-refractivity contribution in [3.05, 3.63) is 70.3 Å². The van der Waals surface area contributed by atoms with E-state index in [1.54, 1.807) is 12.1 Å². The summed E-state index contributed by atoms with van der Waals surface area (Å²) in [6.07, 6.45) is 18.0. The van der Waals surface area contributed by atoms with Crippen LogP contribution in [0, 0.1) is 0 Å². The third-order valence-electron chi connectivity index (χ3n) is 7.04. The molecule has 2 atom stereocenters. The van der Waals surface area contributed by atoms with Crippen molar-refractivity contribution in [2.45, 2.75) is 83.2 Å². The number of halogens is 1. The standard InChI is InChI=1S/C27H36ClN3O/c1-3-5-14-27(15-8-7-9-16-27)26-29-23-12-13-24(25(23)30-26)31(17-6-4-2)19-20-10-11-21(32)18-22(20)28/h7-11,15,18,24,32H,3-6,12-14,16-17,19H2,1-2H3,(H,29,30). The molecule has 1 heterocycles. The number of aromatic amines is 1. The number of unbranched alkanes of at least 4 members (excludes halogenated alkanes) is 2. The number of nitrogens with one attached hydrogen (secondary N) is 1. The Balaban J connectivity index is 1.61. The molecule has 5 heteroatoms. The van der Waals surface area contributed by atoms with Gasteiger partial charge in [-0.25, -0.2) is 4.98 Å². The number of aromatic nitrogens is 2. The smallest absolute Gasteiger partial charge is 0.117 e. The van der Waals surface area contributed by atoms with E-state index >= 15 is 0 Å². The van der Waals surface area contributed by atoms with Gasteiger partial charge in [-0.3, -0.25) is 4.90 Å². The second-order valence-corrected chi connectivity index (χ2v) is 9.76. The maximum absolute atomic E-state index is 9.74. The Morgan fingerprint density at radius 1 is 1.22 bits per heavy atom. The molecule has 2 N–H and O–H groups in total. The molecule has 2 aliphatic carbocycles. The zero-order valence-electron chi connectivity index (χ0n) is 19.4. The topological polar surface area (TPSA) is 52.1 Å². The number of hydrogen-bond donors (Lipinski definition) is 2. The van der Waals surface area contributed by atoms with Gasteiger partial charge in [-0.05, 0) is 56.3 Å². The first-order chi connectivity index (χ1) is 15.6. The molecule has 0 spiro atoms. The molecule has 4 nitrogen and oxygen atoms in total. The number of aromatic hydroxyl groups is 1. The number of aryl methyl sites for hydroxylation is 1. The first-order valence-corrected chi connectivity index (χ1v) is 12.6. The van der Waals surface area contributed by atoms with Crippen molar-refractivity contribution in [3.8, 4) is 5.75 Å². The van der Waals surface area contributed by atoms with Gasteiger partial charge < -0.3 is 10.1 Å². The molecule has 32 heavy (non-hydrogen) atoms. The van der Waals surface area contributed by atoms with E-state index in [0.29, 0.717) is 11.1 Å². The van der Waals surface area contributed by atoms with Gasteiger partial charge in [0, 0.05) is 17.3 Å². The molecule has 0 aliphatic heterocycles. The highest BCUT2D eigenvalue weighted by atomic mass is 35.5. The first kappa shape index (κ1) is 23.1. The second-order valence-electron chi connectivity index (χ2n) is 9.35. The maximum atomic E-state index is 9.74. The van der Waals surface area contributed by atoms with Gasteiger partial charge in [0.1, 0.15) is 11.6 Å². The zero-order chi connectivity index (χ0) is 22.6. The number of hydrogen-bond acceptors (Lipinski definition) is 3. The van der Waals surface area contributed by atoms with Gasteiger partial charge in [0.15, 0.2) is 0 Å². The molecule has 1 aromatic heterocycles. The molecule has 0 amide bonds. The quantitative estimate of drug-likeness (QED) is 0.407. The summed E-state index contributed by atoms with van der Waals surface area (Å²) >= 11 is 6.46. The van der Waals surface area contributed by atoms with E-state index in [-0.39, 0.29) is 11.2 Å². The van der Waals surface area contributed by atoms with Crippen molar-refractivity contribution in [2.24, 2.45) is 0 Å². The molecule has 4 rings (SSSR count). The summed E-state index contributed by atoms with van der Waals surface area (Å²) in [5, 5.41) is 10.4. The molecule has 2 unspecified atom stereocenters. The molecule has 0 bridgehead atoms. The van der Waals surface area contributed by atoms with Crippen LogP contribution in [0.25, 0.3) is 0 Å². The van der Waals surface area contributed by atoms with E-state index in [2.05, 4.69) is 48.0 Å². The highest BCUT2D eigenvalue weighted by molar-refractivity contribution is 6.31. The molecular weight excluding hydrogens is 418 g/mol. The molecule has 0 radical (unpaired) electrons. The molecule has 0 fully saturated rings. The summed E-state index contributed by atoms with van der Waals surface area (Å²) in [6.45, 7) is 6.28. The fourth-order valence-electron chi connectivity index (χ4n) is 5.12. The number of H-pyrrole nitrogens is 1. The van der Waals surface area contributed by atoms with Crippen LogP contribution in [-0.2, 0) is 18.4 Å². The first-order valence-electron chi connectivity index (χ1n) is 12.2. The summed E-state index contributed by atoms with van der Waals surface area (Å²) in [4.78, 5) is 11.6. The van der Waals surface area contributed by atoms with Crippen LogP contribution < -0.4 is 0 Å². The maximum Gasteiger partial charge on any atom is 0.117 e. The fourth-order valence-corrected chi connectivity index (χ4v) is 5.36. The Bertz CT molecular complexity index is 979. The number of fused-ring (bicyclic) bond motifs is 1. The zero-order valence-corrected chi connectivity index (χ0v) is 20.2. The van der Waals surface area contributed by atoms with E-state index in [1.807, 2.05) is 6.07 Å². The van der Waals surface area contributed by atoms with E-state index in [4.69, 9.17) is 16.6 Å². The SMILES string of the molecule is CCCCN(Cc1ccc(O)cc1Cl)C1CCc2[nH]c(C3(CCCC)C=CC=CC3)nc21. The Hall–Kier alpha value is -2.04. The summed E-state index contributed by atoms with van der Waals surface area (Å²) < 4.78 is 0. The number of allylic oxidation sites excluding steroid dienone is 4. The van der Waals surface area contributed by atoms with E-state index < -0.39 is 0 Å². The van der Waals surface area contributed by atoms with Crippen LogP contribution >= 0.6 is 11.6 Å². The van der Waals surface area contributed by atoms with Crippen molar-refractivity contribution < 1.29 is 5.11 Å². The van der Waals surface area contributed by atoms with Crippen molar-refractivity contribution in [2.75, 3.05) is 6.54 Å². The summed E-state index contributed by atoms with van der Waals surface area (Å²) in [6, 6.07) is 5.62. The minimum absolute atomic E-state index is 0.00579. The number of nitrogens with zero attached hydrogens (tertiary/aromatic N) is 2. The largest absolute Gasteiger partial charge is 0.508 e. The average molecular weight is 454 g/mol. The molecule has 1 aromatic carbocycles. The summed E-state index contributed by atoms with van der Waals surface area (Å²) in [7, 11) is 0. The normalized spacial score (nSPS) is 22.1. The van der Waals surface area contributed by atoms with Crippen LogP contribution in [0.1, 0.15) is 87.6 Å². The minimum Gasteiger partial charge on any atom is -0.508 e. The van der Waals surface area contributed by atoms with Crippen LogP contribution in [0.2, 0.25) is 5.02 Å². The predicted molar refractivity (Wildman–Crippen MR) is 132 cm³/mol. The lowest BCUT2D eigenvalue weighted by molar-refractivity contribution is 0.181. The Morgan fingerprint density at radius 2 is 2.06 bits per heavy atom. The average Bonchev–Trinajstić information content (AvgIpc) is 3.39. The molecule has 172 valence electrons. The monoisotopic (exact) mass is 453 g/mol. The lowest BCUT2D eigenvalue weighted by Gasteiger charge is -2.31. The fraction of sp³-hybridized carbons (Fsp3) is 0.519. The van der Waals surface area contributed by atoms with Gasteiger partial charge in [-0.1, -0.05) is 75.1 Å². The van der Waals surface area contributed by atoms with Crippen LogP contribution in [-0.4, -0.2) is 26.5 Å². The van der Waals surface area contributed by atoms with Gasteiger partial charge in [-0.15, -0.1) is 0 Å². The van der Waals surface area contributed by atoms with Gasteiger partial charge in [0.05, 0.1) is 17.2 Å². The lowest BCUT2D eigenvalue weighted by Crippen LogP contribution is -2.29. The van der Waals surface area contributed by atoms with Crippen molar-refractivity contribution in [1.82, 2.24) is 14.9 Å². The lowest BCUT2D eigenvalue weighted by atomic mass is 9.76. The van der Waals surface area contributed by atoms with E-state index in [0.717, 1.165) is 63.0 Å². The van der Waals surface area contributed by atoms with Crippen LogP contribution in [0.5, 0.6) is 5.75 Å². The number of imidazole rings is 1.